The minimum atomic E-state index is -0.605. The molecule has 0 aliphatic carbocycles. The van der Waals surface area contributed by atoms with E-state index in [-0.39, 0.29) is 17.0 Å². The Kier molecular flexibility index (Phi) is 5.97. The van der Waals surface area contributed by atoms with E-state index in [0.29, 0.717) is 16.5 Å². The van der Waals surface area contributed by atoms with Crippen LogP contribution in [-0.2, 0) is 4.79 Å². The third-order valence-electron chi connectivity index (χ3n) is 5.55. The third-order valence-corrected chi connectivity index (χ3v) is 6.52. The van der Waals surface area contributed by atoms with Crippen molar-refractivity contribution < 1.29 is 18.7 Å². The molecule has 1 amide bonds. The van der Waals surface area contributed by atoms with E-state index in [0.717, 1.165) is 31.1 Å². The SMILES string of the molecule is N=C1/C(=C\c2ccc(OC(=O)c3ccc(F)cc3)cc2)C(=O)N=C2SC(N3CCCCC3)=NN12. The van der Waals surface area contributed by atoms with Gasteiger partial charge in [-0.15, -0.1) is 5.10 Å². The zero-order valence-corrected chi connectivity index (χ0v) is 18.8. The molecule has 1 N–H and O–H groups in total. The number of hydrogen-bond acceptors (Lipinski definition) is 7. The van der Waals surface area contributed by atoms with Crippen molar-refractivity contribution in [3.8, 4) is 5.75 Å². The number of amidine groups is 3. The molecule has 0 atom stereocenters. The van der Waals surface area contributed by atoms with E-state index in [1.165, 1.54) is 47.5 Å². The summed E-state index contributed by atoms with van der Waals surface area (Å²) in [7, 11) is 0. The van der Waals surface area contributed by atoms with E-state index < -0.39 is 17.7 Å². The number of rotatable bonds is 3. The molecule has 8 nitrogen and oxygen atoms in total. The smallest absolute Gasteiger partial charge is 0.343 e. The Labute approximate surface area is 199 Å². The van der Waals surface area contributed by atoms with E-state index in [4.69, 9.17) is 10.1 Å². The van der Waals surface area contributed by atoms with Gasteiger partial charge in [-0.3, -0.25) is 10.2 Å². The van der Waals surface area contributed by atoms with E-state index in [2.05, 4.69) is 15.0 Å². The van der Waals surface area contributed by atoms with Gasteiger partial charge >= 0.3 is 5.97 Å². The fourth-order valence-corrected chi connectivity index (χ4v) is 4.69. The van der Waals surface area contributed by atoms with Crippen LogP contribution >= 0.6 is 11.8 Å². The van der Waals surface area contributed by atoms with E-state index in [1.807, 2.05) is 0 Å². The molecule has 0 aromatic heterocycles. The average Bonchev–Trinajstić information content (AvgIpc) is 3.28. The minimum Gasteiger partial charge on any atom is -0.423 e. The van der Waals surface area contributed by atoms with Crippen LogP contribution in [0.2, 0.25) is 0 Å². The first-order valence-corrected chi connectivity index (χ1v) is 11.6. The number of hydrogen-bond donors (Lipinski definition) is 1. The predicted octanol–water partition coefficient (Wildman–Crippen LogP) is 4.11. The normalized spacial score (nSPS) is 19.1. The zero-order valence-electron chi connectivity index (χ0n) is 18.0. The van der Waals surface area contributed by atoms with Crippen LogP contribution < -0.4 is 4.74 Å². The van der Waals surface area contributed by atoms with Crippen molar-refractivity contribution in [3.63, 3.8) is 0 Å². The third kappa shape index (κ3) is 4.49. The number of aliphatic imine (C=N–C) groups is 1. The molecule has 1 saturated heterocycles. The molecule has 3 aliphatic rings. The average molecular weight is 478 g/mol. The Morgan fingerprint density at radius 3 is 2.44 bits per heavy atom. The highest BCUT2D eigenvalue weighted by Crippen LogP contribution is 2.30. The topological polar surface area (TPSA) is 98.4 Å². The van der Waals surface area contributed by atoms with Crippen LogP contribution in [0.25, 0.3) is 6.08 Å². The van der Waals surface area contributed by atoms with Gasteiger partial charge in [0, 0.05) is 13.1 Å². The van der Waals surface area contributed by atoms with E-state index in [1.54, 1.807) is 30.3 Å². The molecule has 0 radical (unpaired) electrons. The van der Waals surface area contributed by atoms with Crippen LogP contribution in [0.5, 0.6) is 5.75 Å². The number of carbonyl (C=O) groups excluding carboxylic acids is 2. The van der Waals surface area contributed by atoms with Gasteiger partial charge in [0.25, 0.3) is 5.91 Å². The molecule has 3 aliphatic heterocycles. The second-order valence-electron chi connectivity index (χ2n) is 7.92. The molecular weight excluding hydrogens is 457 g/mol. The molecule has 172 valence electrons. The number of fused-ring (bicyclic) bond motifs is 1. The number of piperidine rings is 1. The van der Waals surface area contributed by atoms with Crippen molar-refractivity contribution in [1.82, 2.24) is 9.91 Å². The van der Waals surface area contributed by atoms with Crippen LogP contribution in [0.4, 0.5) is 4.39 Å². The number of nitrogens with zero attached hydrogens (tertiary/aromatic N) is 4. The fourth-order valence-electron chi connectivity index (χ4n) is 3.75. The van der Waals surface area contributed by atoms with Gasteiger partial charge in [-0.25, -0.2) is 9.18 Å². The lowest BCUT2D eigenvalue weighted by molar-refractivity contribution is -0.114. The standard InChI is InChI=1S/C24H20FN5O3S/c25-17-8-6-16(7-9-17)22(32)33-18-10-4-15(5-11-18)14-19-20(26)30-23(27-21(19)31)34-24(28-30)29-12-2-1-3-13-29/h4-11,14,26H,1-3,12-13H2/b19-14+,26-20?. The highest BCUT2D eigenvalue weighted by molar-refractivity contribution is 8.26. The van der Waals surface area contributed by atoms with Crippen molar-refractivity contribution in [2.45, 2.75) is 19.3 Å². The van der Waals surface area contributed by atoms with Gasteiger partial charge in [0.2, 0.25) is 5.17 Å². The number of carbonyl (C=O) groups is 2. The first kappa shape index (κ1) is 22.0. The summed E-state index contributed by atoms with van der Waals surface area (Å²) in [6, 6.07) is 11.6. The van der Waals surface area contributed by atoms with Gasteiger partial charge in [0.1, 0.15) is 11.6 Å². The summed E-state index contributed by atoms with van der Waals surface area (Å²) in [6.45, 7) is 1.82. The number of esters is 1. The molecule has 34 heavy (non-hydrogen) atoms. The molecular formula is C24H20FN5O3S. The van der Waals surface area contributed by atoms with Gasteiger partial charge in [0.05, 0.1) is 11.1 Å². The van der Waals surface area contributed by atoms with Gasteiger partial charge in [-0.05, 0) is 79.1 Å². The Morgan fingerprint density at radius 1 is 1.03 bits per heavy atom. The van der Waals surface area contributed by atoms with Gasteiger partial charge < -0.3 is 9.64 Å². The Bertz CT molecular complexity index is 1250. The summed E-state index contributed by atoms with van der Waals surface area (Å²) in [5.41, 5.74) is 1.000. The number of benzene rings is 2. The fraction of sp³-hybridized carbons (Fsp3) is 0.208. The highest BCUT2D eigenvalue weighted by Gasteiger charge is 2.37. The largest absolute Gasteiger partial charge is 0.423 e. The van der Waals surface area contributed by atoms with Crippen LogP contribution in [0, 0.1) is 11.2 Å². The molecule has 1 fully saturated rings. The number of hydrazone groups is 1. The summed E-state index contributed by atoms with van der Waals surface area (Å²) >= 11 is 1.32. The molecule has 2 aromatic rings. The summed E-state index contributed by atoms with van der Waals surface area (Å²) in [5.74, 6) is -1.26. The summed E-state index contributed by atoms with van der Waals surface area (Å²) < 4.78 is 18.3. The van der Waals surface area contributed by atoms with Crippen LogP contribution in [0.3, 0.4) is 0 Å². The lowest BCUT2D eigenvalue weighted by atomic mass is 10.1. The van der Waals surface area contributed by atoms with Crippen LogP contribution in [0.15, 0.2) is 64.2 Å². The van der Waals surface area contributed by atoms with Crippen LogP contribution in [-0.4, -0.2) is 51.0 Å². The number of nitrogens with one attached hydrogen (secondary N) is 1. The molecule has 2 aromatic carbocycles. The monoisotopic (exact) mass is 477 g/mol. The number of thioether (sulfide) groups is 1. The molecule has 0 unspecified atom stereocenters. The first-order valence-electron chi connectivity index (χ1n) is 10.8. The lowest BCUT2D eigenvalue weighted by Gasteiger charge is -2.26. The number of likely N-dealkylation sites (tertiary alicyclic amines) is 1. The zero-order chi connectivity index (χ0) is 23.7. The lowest BCUT2D eigenvalue weighted by Crippen LogP contribution is -2.35. The Hall–Kier alpha value is -3.79. The van der Waals surface area contributed by atoms with Crippen molar-refractivity contribution in [1.29, 1.82) is 5.41 Å². The van der Waals surface area contributed by atoms with Gasteiger partial charge in [-0.2, -0.15) is 10.0 Å². The Morgan fingerprint density at radius 2 is 1.74 bits per heavy atom. The maximum atomic E-state index is 13.0. The van der Waals surface area contributed by atoms with Crippen molar-refractivity contribution in [2.75, 3.05) is 13.1 Å². The second kappa shape index (κ2) is 9.22. The molecule has 5 rings (SSSR count). The summed E-state index contributed by atoms with van der Waals surface area (Å²) in [4.78, 5) is 31.1. The second-order valence-corrected chi connectivity index (χ2v) is 8.85. The van der Waals surface area contributed by atoms with Crippen molar-refractivity contribution >= 4 is 45.9 Å². The van der Waals surface area contributed by atoms with E-state index in [9.17, 15) is 14.0 Å². The maximum Gasteiger partial charge on any atom is 0.343 e. The molecule has 0 saturated carbocycles. The molecule has 0 spiro atoms. The highest BCUT2D eigenvalue weighted by atomic mass is 32.2. The number of ether oxygens (including phenoxy) is 1. The minimum absolute atomic E-state index is 0.0266. The first-order chi connectivity index (χ1) is 16.5. The van der Waals surface area contributed by atoms with Gasteiger partial charge in [0.15, 0.2) is 11.0 Å². The molecule has 10 heteroatoms. The Balaban J connectivity index is 1.30. The van der Waals surface area contributed by atoms with Crippen molar-refractivity contribution in [3.05, 3.63) is 71.0 Å². The number of halogens is 1. The van der Waals surface area contributed by atoms with Crippen LogP contribution in [0.1, 0.15) is 35.2 Å². The summed E-state index contributed by atoms with van der Waals surface area (Å²) in [6.07, 6.45) is 4.96. The predicted molar refractivity (Wildman–Crippen MR) is 128 cm³/mol. The summed E-state index contributed by atoms with van der Waals surface area (Å²) in [5, 5.41) is 15.6. The molecule has 0 bridgehead atoms. The quantitative estimate of drug-likeness (QED) is 0.406. The maximum absolute atomic E-state index is 13.0. The van der Waals surface area contributed by atoms with E-state index >= 15 is 0 Å². The van der Waals surface area contributed by atoms with Gasteiger partial charge in [-0.1, -0.05) is 12.1 Å². The molecule has 3 heterocycles. The number of amides is 1. The van der Waals surface area contributed by atoms with Crippen molar-refractivity contribution in [2.24, 2.45) is 10.1 Å².